The standard InChI is InChI=1S/C19H22N4O/c1-13(2)24-18-9-7-15(8-10-18)12-20-17-6-4-5-16(11-17)19-21-14(3)22-23-19/h4-11,13,20H,12H2,1-3H3,(H,21,22,23). The first-order valence-corrected chi connectivity index (χ1v) is 8.09. The van der Waals surface area contributed by atoms with E-state index < -0.39 is 0 Å². The Morgan fingerprint density at radius 3 is 2.58 bits per heavy atom. The van der Waals surface area contributed by atoms with Crippen molar-refractivity contribution in [3.63, 3.8) is 0 Å². The molecule has 1 heterocycles. The highest BCUT2D eigenvalue weighted by atomic mass is 16.5. The predicted molar refractivity (Wildman–Crippen MR) is 96.1 cm³/mol. The molecule has 0 amide bonds. The molecule has 0 saturated heterocycles. The minimum Gasteiger partial charge on any atom is -0.491 e. The van der Waals surface area contributed by atoms with Crippen LogP contribution < -0.4 is 10.1 Å². The molecule has 124 valence electrons. The van der Waals surface area contributed by atoms with Crippen LogP contribution in [0, 0.1) is 6.92 Å². The lowest BCUT2D eigenvalue weighted by molar-refractivity contribution is 0.242. The average Bonchev–Trinajstić information content (AvgIpc) is 3.01. The number of aryl methyl sites for hydroxylation is 1. The van der Waals surface area contributed by atoms with Gasteiger partial charge in [-0.15, -0.1) is 0 Å². The first-order chi connectivity index (χ1) is 11.6. The van der Waals surface area contributed by atoms with E-state index in [1.807, 2.05) is 51.1 Å². The molecule has 0 radical (unpaired) electrons. The van der Waals surface area contributed by atoms with E-state index in [-0.39, 0.29) is 6.10 Å². The van der Waals surface area contributed by atoms with E-state index in [2.05, 4.69) is 38.7 Å². The Morgan fingerprint density at radius 2 is 1.92 bits per heavy atom. The van der Waals surface area contributed by atoms with Crippen molar-refractivity contribution < 1.29 is 4.74 Å². The molecule has 1 aromatic heterocycles. The monoisotopic (exact) mass is 322 g/mol. The molecular formula is C19H22N4O. The van der Waals surface area contributed by atoms with Crippen LogP contribution in [0.1, 0.15) is 25.2 Å². The maximum Gasteiger partial charge on any atom is 0.181 e. The molecule has 5 heteroatoms. The highest BCUT2D eigenvalue weighted by Gasteiger charge is 2.04. The zero-order valence-corrected chi connectivity index (χ0v) is 14.2. The Morgan fingerprint density at radius 1 is 1.12 bits per heavy atom. The summed E-state index contributed by atoms with van der Waals surface area (Å²) in [5.41, 5.74) is 3.23. The molecule has 0 fully saturated rings. The molecule has 0 aliphatic rings. The smallest absolute Gasteiger partial charge is 0.181 e. The number of nitrogens with one attached hydrogen (secondary N) is 2. The van der Waals surface area contributed by atoms with E-state index in [1.54, 1.807) is 0 Å². The fourth-order valence-electron chi connectivity index (χ4n) is 2.40. The molecule has 0 aliphatic heterocycles. The number of anilines is 1. The number of rotatable bonds is 6. The zero-order valence-electron chi connectivity index (χ0n) is 14.2. The summed E-state index contributed by atoms with van der Waals surface area (Å²) in [7, 11) is 0. The van der Waals surface area contributed by atoms with E-state index >= 15 is 0 Å². The molecule has 0 spiro atoms. The molecule has 0 bridgehead atoms. The van der Waals surface area contributed by atoms with Crippen molar-refractivity contribution in [3.05, 3.63) is 59.9 Å². The zero-order chi connectivity index (χ0) is 16.9. The summed E-state index contributed by atoms with van der Waals surface area (Å²) in [6, 6.07) is 16.3. The van der Waals surface area contributed by atoms with E-state index in [0.29, 0.717) is 5.82 Å². The normalized spacial score (nSPS) is 10.8. The largest absolute Gasteiger partial charge is 0.491 e. The van der Waals surface area contributed by atoms with Crippen LogP contribution in [0.15, 0.2) is 48.5 Å². The lowest BCUT2D eigenvalue weighted by Gasteiger charge is -2.11. The quantitative estimate of drug-likeness (QED) is 0.714. The van der Waals surface area contributed by atoms with Crippen LogP contribution in [0.25, 0.3) is 11.4 Å². The van der Waals surface area contributed by atoms with Crippen LogP contribution in [0.3, 0.4) is 0 Å². The van der Waals surface area contributed by atoms with Crippen molar-refractivity contribution in [2.45, 2.75) is 33.4 Å². The Hall–Kier alpha value is -2.82. The number of H-pyrrole nitrogens is 1. The van der Waals surface area contributed by atoms with Gasteiger partial charge in [0.15, 0.2) is 5.82 Å². The summed E-state index contributed by atoms with van der Waals surface area (Å²) in [5.74, 6) is 2.43. The Balaban J connectivity index is 1.64. The van der Waals surface area contributed by atoms with Gasteiger partial charge in [0.05, 0.1) is 6.10 Å². The lowest BCUT2D eigenvalue weighted by atomic mass is 10.1. The van der Waals surface area contributed by atoms with Gasteiger partial charge < -0.3 is 10.1 Å². The summed E-state index contributed by atoms with van der Waals surface area (Å²) in [6.07, 6.45) is 0.191. The van der Waals surface area contributed by atoms with Crippen molar-refractivity contribution in [2.24, 2.45) is 0 Å². The second-order valence-corrected chi connectivity index (χ2v) is 5.99. The molecule has 3 rings (SSSR count). The van der Waals surface area contributed by atoms with Crippen LogP contribution in [-0.2, 0) is 6.54 Å². The fraction of sp³-hybridized carbons (Fsp3) is 0.263. The van der Waals surface area contributed by atoms with Gasteiger partial charge >= 0.3 is 0 Å². The molecule has 3 aromatic rings. The van der Waals surface area contributed by atoms with Gasteiger partial charge in [-0.1, -0.05) is 24.3 Å². The first-order valence-electron chi connectivity index (χ1n) is 8.09. The van der Waals surface area contributed by atoms with Gasteiger partial charge in [0.25, 0.3) is 0 Å². The molecule has 0 atom stereocenters. The second-order valence-electron chi connectivity index (χ2n) is 5.99. The summed E-state index contributed by atoms with van der Waals surface area (Å²) in [4.78, 5) is 4.37. The molecule has 0 saturated carbocycles. The predicted octanol–water partition coefficient (Wildman–Crippen LogP) is 4.18. The topological polar surface area (TPSA) is 62.8 Å². The van der Waals surface area contributed by atoms with Crippen LogP contribution in [-0.4, -0.2) is 21.3 Å². The SMILES string of the molecule is Cc1nc(-c2cccc(NCc3ccc(OC(C)C)cc3)c2)n[nH]1. The van der Waals surface area contributed by atoms with Crippen LogP contribution >= 0.6 is 0 Å². The van der Waals surface area contributed by atoms with E-state index in [0.717, 1.165) is 29.4 Å². The van der Waals surface area contributed by atoms with Gasteiger partial charge in [-0.2, -0.15) is 5.10 Å². The van der Waals surface area contributed by atoms with Gasteiger partial charge in [-0.3, -0.25) is 5.10 Å². The van der Waals surface area contributed by atoms with Gasteiger partial charge in [-0.05, 0) is 50.6 Å². The van der Waals surface area contributed by atoms with Crippen molar-refractivity contribution in [3.8, 4) is 17.1 Å². The summed E-state index contributed by atoms with van der Waals surface area (Å²) >= 11 is 0. The van der Waals surface area contributed by atoms with E-state index in [1.165, 1.54) is 5.56 Å². The summed E-state index contributed by atoms with van der Waals surface area (Å²) < 4.78 is 5.66. The van der Waals surface area contributed by atoms with Crippen molar-refractivity contribution >= 4 is 5.69 Å². The number of aromatic nitrogens is 3. The fourth-order valence-corrected chi connectivity index (χ4v) is 2.40. The van der Waals surface area contributed by atoms with Gasteiger partial charge in [0.2, 0.25) is 0 Å². The van der Waals surface area contributed by atoms with Crippen molar-refractivity contribution in [1.29, 1.82) is 0 Å². The van der Waals surface area contributed by atoms with Crippen molar-refractivity contribution in [2.75, 3.05) is 5.32 Å². The first kappa shape index (κ1) is 16.1. The molecule has 24 heavy (non-hydrogen) atoms. The average molecular weight is 322 g/mol. The third-order valence-electron chi connectivity index (χ3n) is 3.51. The molecule has 0 unspecified atom stereocenters. The van der Waals surface area contributed by atoms with Crippen LogP contribution in [0.2, 0.25) is 0 Å². The Labute approximate surface area is 142 Å². The highest BCUT2D eigenvalue weighted by Crippen LogP contribution is 2.20. The van der Waals surface area contributed by atoms with Crippen LogP contribution in [0.4, 0.5) is 5.69 Å². The number of hydrogen-bond acceptors (Lipinski definition) is 4. The Bertz CT molecular complexity index is 793. The van der Waals surface area contributed by atoms with Gasteiger partial charge in [0.1, 0.15) is 11.6 Å². The second kappa shape index (κ2) is 7.17. The Kier molecular flexibility index (Phi) is 4.79. The molecule has 5 nitrogen and oxygen atoms in total. The maximum atomic E-state index is 5.66. The molecule has 2 N–H and O–H groups in total. The number of benzene rings is 2. The molecule has 0 aliphatic carbocycles. The van der Waals surface area contributed by atoms with Crippen LogP contribution in [0.5, 0.6) is 5.75 Å². The summed E-state index contributed by atoms with van der Waals surface area (Å²) in [6.45, 7) is 6.69. The molecular weight excluding hydrogens is 300 g/mol. The number of hydrogen-bond donors (Lipinski definition) is 2. The van der Waals surface area contributed by atoms with E-state index in [9.17, 15) is 0 Å². The number of aromatic amines is 1. The van der Waals surface area contributed by atoms with Gasteiger partial charge in [0, 0.05) is 17.8 Å². The molecule has 2 aromatic carbocycles. The summed E-state index contributed by atoms with van der Waals surface area (Å²) in [5, 5.41) is 10.5. The van der Waals surface area contributed by atoms with Crippen molar-refractivity contribution in [1.82, 2.24) is 15.2 Å². The minimum atomic E-state index is 0.191. The lowest BCUT2D eigenvalue weighted by Crippen LogP contribution is -2.05. The number of ether oxygens (including phenoxy) is 1. The van der Waals surface area contributed by atoms with Gasteiger partial charge in [-0.25, -0.2) is 4.98 Å². The highest BCUT2D eigenvalue weighted by molar-refractivity contribution is 5.62. The minimum absolute atomic E-state index is 0.191. The number of nitrogens with zero attached hydrogens (tertiary/aromatic N) is 2. The third-order valence-corrected chi connectivity index (χ3v) is 3.51. The van der Waals surface area contributed by atoms with E-state index in [4.69, 9.17) is 4.74 Å². The maximum absolute atomic E-state index is 5.66. The third kappa shape index (κ3) is 4.13.